The average molecular weight is 230 g/mol. The van der Waals surface area contributed by atoms with Crippen molar-refractivity contribution in [2.45, 2.75) is 44.9 Å². The largest absolute Gasteiger partial charge is 0.382 e. The summed E-state index contributed by atoms with van der Waals surface area (Å²) in [6, 6.07) is 0.804. The van der Waals surface area contributed by atoms with Crippen LogP contribution in [0.15, 0.2) is 0 Å². The van der Waals surface area contributed by atoms with E-state index in [1.165, 1.54) is 6.42 Å². The molecule has 0 spiro atoms. The van der Waals surface area contributed by atoms with Crippen molar-refractivity contribution in [2.24, 2.45) is 5.73 Å². The Hall–Kier alpha value is -0.160. The molecule has 1 heterocycles. The highest BCUT2D eigenvalue weighted by Gasteiger charge is 2.28. The summed E-state index contributed by atoms with van der Waals surface area (Å²) in [5, 5.41) is 0. The first kappa shape index (κ1) is 13.9. The fourth-order valence-electron chi connectivity index (χ4n) is 2.08. The highest BCUT2D eigenvalue weighted by Crippen LogP contribution is 2.16. The van der Waals surface area contributed by atoms with Crippen LogP contribution in [0, 0.1) is 0 Å². The van der Waals surface area contributed by atoms with Gasteiger partial charge in [-0.05, 0) is 19.8 Å². The van der Waals surface area contributed by atoms with Gasteiger partial charge in [0.2, 0.25) is 0 Å². The molecular weight excluding hydrogens is 204 g/mol. The summed E-state index contributed by atoms with van der Waals surface area (Å²) < 4.78 is 10.8. The molecule has 4 heteroatoms. The zero-order chi connectivity index (χ0) is 12.0. The van der Waals surface area contributed by atoms with Crippen molar-refractivity contribution in [3.05, 3.63) is 0 Å². The monoisotopic (exact) mass is 230 g/mol. The van der Waals surface area contributed by atoms with E-state index in [1.54, 1.807) is 7.11 Å². The van der Waals surface area contributed by atoms with Crippen molar-refractivity contribution >= 4 is 0 Å². The molecule has 0 aromatic rings. The lowest BCUT2D eigenvalue weighted by Crippen LogP contribution is -2.54. The summed E-state index contributed by atoms with van der Waals surface area (Å²) in [7, 11) is 1.69. The van der Waals surface area contributed by atoms with Gasteiger partial charge in [-0.25, -0.2) is 0 Å². The summed E-state index contributed by atoms with van der Waals surface area (Å²) in [5.74, 6) is 0. The first-order chi connectivity index (χ1) is 7.69. The molecule has 4 nitrogen and oxygen atoms in total. The molecule has 0 aliphatic carbocycles. The Kier molecular flexibility index (Phi) is 6.28. The van der Waals surface area contributed by atoms with Crippen molar-refractivity contribution in [1.29, 1.82) is 0 Å². The Labute approximate surface area is 99.1 Å². The number of nitrogens with two attached hydrogens (primary N) is 1. The fourth-order valence-corrected chi connectivity index (χ4v) is 2.08. The Bertz CT molecular complexity index is 190. The van der Waals surface area contributed by atoms with E-state index in [9.17, 15) is 0 Å². The number of nitrogens with zero attached hydrogens (tertiary/aromatic N) is 1. The lowest BCUT2D eigenvalue weighted by Gasteiger charge is -2.39. The van der Waals surface area contributed by atoms with E-state index >= 15 is 0 Å². The Morgan fingerprint density at radius 2 is 2.19 bits per heavy atom. The molecule has 1 aliphatic heterocycles. The number of hydrogen-bond donors (Lipinski definition) is 1. The third-order valence-corrected chi connectivity index (χ3v) is 3.48. The first-order valence-corrected chi connectivity index (χ1v) is 6.29. The number of likely N-dealkylation sites (tertiary alicyclic amines) is 1. The molecule has 0 aromatic heterocycles. The van der Waals surface area contributed by atoms with Crippen molar-refractivity contribution in [2.75, 3.05) is 33.4 Å². The topological polar surface area (TPSA) is 47.7 Å². The van der Waals surface area contributed by atoms with Crippen LogP contribution < -0.4 is 5.73 Å². The summed E-state index contributed by atoms with van der Waals surface area (Å²) >= 11 is 0. The molecule has 96 valence electrons. The minimum Gasteiger partial charge on any atom is -0.382 e. The van der Waals surface area contributed by atoms with Crippen LogP contribution in [0.5, 0.6) is 0 Å². The van der Waals surface area contributed by atoms with E-state index in [2.05, 4.69) is 18.7 Å². The number of piperidine rings is 1. The minimum absolute atomic E-state index is 0.165. The van der Waals surface area contributed by atoms with Gasteiger partial charge in [0.25, 0.3) is 0 Å². The SMILES string of the molecule is CCC(C)N1CC[C@@H](N)[C@@H](OCCOC)C1. The summed E-state index contributed by atoms with van der Waals surface area (Å²) in [6.07, 6.45) is 2.38. The van der Waals surface area contributed by atoms with Crippen LogP contribution in [-0.4, -0.2) is 56.5 Å². The van der Waals surface area contributed by atoms with E-state index in [0.29, 0.717) is 19.3 Å². The standard InChI is InChI=1S/C12H26N2O2/c1-4-10(2)14-6-5-11(13)12(9-14)16-8-7-15-3/h10-12H,4-9,13H2,1-3H3/t10?,11-,12+/m1/s1. The van der Waals surface area contributed by atoms with E-state index in [4.69, 9.17) is 15.2 Å². The zero-order valence-electron chi connectivity index (χ0n) is 10.8. The van der Waals surface area contributed by atoms with Crippen LogP contribution in [0.25, 0.3) is 0 Å². The van der Waals surface area contributed by atoms with Crippen LogP contribution >= 0.6 is 0 Å². The highest BCUT2D eigenvalue weighted by atomic mass is 16.5. The molecular formula is C12H26N2O2. The quantitative estimate of drug-likeness (QED) is 0.687. The fraction of sp³-hybridized carbons (Fsp3) is 1.00. The first-order valence-electron chi connectivity index (χ1n) is 6.29. The summed E-state index contributed by atoms with van der Waals surface area (Å²) in [4.78, 5) is 2.47. The third kappa shape index (κ3) is 4.01. The summed E-state index contributed by atoms with van der Waals surface area (Å²) in [5.41, 5.74) is 6.07. The predicted molar refractivity (Wildman–Crippen MR) is 65.5 cm³/mol. The van der Waals surface area contributed by atoms with Gasteiger partial charge in [0.15, 0.2) is 0 Å². The van der Waals surface area contributed by atoms with Gasteiger partial charge in [-0.15, -0.1) is 0 Å². The number of rotatable bonds is 6. The molecule has 2 N–H and O–H groups in total. The normalized spacial score (nSPS) is 29.2. The Morgan fingerprint density at radius 1 is 1.44 bits per heavy atom. The lowest BCUT2D eigenvalue weighted by molar-refractivity contribution is -0.0388. The van der Waals surface area contributed by atoms with E-state index in [1.807, 2.05) is 0 Å². The smallest absolute Gasteiger partial charge is 0.0854 e. The molecule has 1 fully saturated rings. The van der Waals surface area contributed by atoms with E-state index < -0.39 is 0 Å². The second kappa shape index (κ2) is 7.22. The molecule has 1 unspecified atom stereocenters. The number of ether oxygens (including phenoxy) is 2. The van der Waals surface area contributed by atoms with Crippen LogP contribution in [0.3, 0.4) is 0 Å². The molecule has 1 saturated heterocycles. The maximum Gasteiger partial charge on any atom is 0.0854 e. The van der Waals surface area contributed by atoms with Gasteiger partial charge in [-0.2, -0.15) is 0 Å². The Balaban J connectivity index is 2.35. The zero-order valence-corrected chi connectivity index (χ0v) is 10.8. The van der Waals surface area contributed by atoms with Gasteiger partial charge < -0.3 is 15.2 Å². The van der Waals surface area contributed by atoms with Gasteiger partial charge in [0.1, 0.15) is 0 Å². The van der Waals surface area contributed by atoms with Crippen molar-refractivity contribution in [3.8, 4) is 0 Å². The van der Waals surface area contributed by atoms with Gasteiger partial charge >= 0.3 is 0 Å². The van der Waals surface area contributed by atoms with Crippen LogP contribution in [0.1, 0.15) is 26.7 Å². The van der Waals surface area contributed by atoms with Gasteiger partial charge in [-0.1, -0.05) is 6.92 Å². The molecule has 0 aromatic carbocycles. The Morgan fingerprint density at radius 3 is 2.81 bits per heavy atom. The van der Waals surface area contributed by atoms with Crippen LogP contribution in [0.2, 0.25) is 0 Å². The number of hydrogen-bond acceptors (Lipinski definition) is 4. The highest BCUT2D eigenvalue weighted by molar-refractivity contribution is 4.85. The second-order valence-corrected chi connectivity index (χ2v) is 4.61. The maximum atomic E-state index is 6.07. The lowest BCUT2D eigenvalue weighted by atomic mass is 10.0. The molecule has 3 atom stereocenters. The van der Waals surface area contributed by atoms with Gasteiger partial charge in [0.05, 0.1) is 19.3 Å². The van der Waals surface area contributed by atoms with E-state index in [0.717, 1.165) is 19.5 Å². The molecule has 1 aliphatic rings. The summed E-state index contributed by atoms with van der Waals surface area (Å²) in [6.45, 7) is 7.83. The van der Waals surface area contributed by atoms with Crippen LogP contribution in [0.4, 0.5) is 0 Å². The van der Waals surface area contributed by atoms with Gasteiger partial charge in [0, 0.05) is 32.3 Å². The predicted octanol–water partition coefficient (Wildman–Crippen LogP) is 0.850. The molecule has 0 radical (unpaired) electrons. The molecule has 1 rings (SSSR count). The van der Waals surface area contributed by atoms with E-state index in [-0.39, 0.29) is 12.1 Å². The maximum absolute atomic E-state index is 6.07. The van der Waals surface area contributed by atoms with Gasteiger partial charge in [-0.3, -0.25) is 4.90 Å². The third-order valence-electron chi connectivity index (χ3n) is 3.48. The minimum atomic E-state index is 0.165. The second-order valence-electron chi connectivity index (χ2n) is 4.61. The molecule has 16 heavy (non-hydrogen) atoms. The molecule has 0 bridgehead atoms. The molecule has 0 saturated carbocycles. The van der Waals surface area contributed by atoms with Crippen molar-refractivity contribution in [1.82, 2.24) is 4.90 Å². The van der Waals surface area contributed by atoms with Crippen molar-refractivity contribution < 1.29 is 9.47 Å². The average Bonchev–Trinajstić information content (AvgIpc) is 2.31. The van der Waals surface area contributed by atoms with Crippen molar-refractivity contribution in [3.63, 3.8) is 0 Å². The molecule has 0 amide bonds. The number of methoxy groups -OCH3 is 1. The van der Waals surface area contributed by atoms with Crippen LogP contribution in [-0.2, 0) is 9.47 Å².